The second-order valence-electron chi connectivity index (χ2n) is 5.07. The Balaban J connectivity index is 2.58. The molecule has 3 atom stereocenters. The summed E-state index contributed by atoms with van der Waals surface area (Å²) in [6.45, 7) is 5.10. The Bertz CT molecular complexity index is 262. The van der Waals surface area contributed by atoms with Gasteiger partial charge in [-0.1, -0.05) is 32.6 Å². The molecule has 4 heteroatoms. The smallest absolute Gasteiger partial charge is 0.317 e. The van der Waals surface area contributed by atoms with E-state index >= 15 is 0 Å². The lowest BCUT2D eigenvalue weighted by Gasteiger charge is -2.26. The topological polar surface area (TPSA) is 66.8 Å². The maximum Gasteiger partial charge on any atom is 0.317 e. The van der Waals surface area contributed by atoms with Crippen molar-refractivity contribution in [2.45, 2.75) is 64.8 Å². The molecule has 0 bridgehead atoms. The number of ether oxygens (including phenoxy) is 1. The van der Waals surface area contributed by atoms with E-state index in [1.165, 1.54) is 6.92 Å². The van der Waals surface area contributed by atoms with Gasteiger partial charge in [-0.25, -0.2) is 0 Å². The van der Waals surface area contributed by atoms with Crippen LogP contribution in [0.15, 0.2) is 0 Å². The minimum absolute atomic E-state index is 0.499. The molecule has 1 unspecified atom stereocenters. The molecule has 2 N–H and O–H groups in total. The molecule has 0 aliphatic carbocycles. The number of esters is 1. The van der Waals surface area contributed by atoms with Crippen molar-refractivity contribution >= 4 is 5.97 Å². The molecule has 0 spiro atoms. The van der Waals surface area contributed by atoms with Gasteiger partial charge in [-0.15, -0.1) is 0 Å². The van der Waals surface area contributed by atoms with Crippen molar-refractivity contribution in [3.8, 4) is 0 Å². The Morgan fingerprint density at radius 3 is 2.38 bits per heavy atom. The zero-order chi connectivity index (χ0) is 12.4. The molecule has 0 saturated carbocycles. The lowest BCUT2D eigenvalue weighted by atomic mass is 9.78. The molecule has 1 saturated heterocycles. The molecule has 4 nitrogen and oxygen atoms in total. The molecular weight excluding hydrogens is 208 g/mol. The quantitative estimate of drug-likeness (QED) is 0.556. The molecule has 0 aromatic heterocycles. The highest BCUT2D eigenvalue weighted by atomic mass is 16.7. The summed E-state index contributed by atoms with van der Waals surface area (Å²) in [5.41, 5.74) is -0.961. The van der Waals surface area contributed by atoms with Crippen LogP contribution in [0.2, 0.25) is 0 Å². The van der Waals surface area contributed by atoms with E-state index in [4.69, 9.17) is 4.74 Å². The van der Waals surface area contributed by atoms with Crippen molar-refractivity contribution in [1.82, 2.24) is 0 Å². The maximum absolute atomic E-state index is 11.6. The first-order chi connectivity index (χ1) is 7.34. The third kappa shape index (κ3) is 2.38. The van der Waals surface area contributed by atoms with Crippen LogP contribution in [0.1, 0.15) is 52.9 Å². The van der Waals surface area contributed by atoms with Crippen molar-refractivity contribution in [1.29, 1.82) is 0 Å². The number of aliphatic hydroxyl groups is 2. The van der Waals surface area contributed by atoms with Gasteiger partial charge in [0.05, 0.1) is 5.41 Å². The highest BCUT2D eigenvalue weighted by molar-refractivity contribution is 5.80. The Labute approximate surface area is 96.6 Å². The summed E-state index contributed by atoms with van der Waals surface area (Å²) in [7, 11) is 0. The van der Waals surface area contributed by atoms with Gasteiger partial charge >= 0.3 is 5.97 Å². The van der Waals surface area contributed by atoms with Gasteiger partial charge in [-0.2, -0.15) is 0 Å². The number of hydrogen-bond acceptors (Lipinski definition) is 4. The van der Waals surface area contributed by atoms with Gasteiger partial charge in [-0.05, 0) is 13.3 Å². The van der Waals surface area contributed by atoms with Crippen LogP contribution >= 0.6 is 0 Å². The number of carbonyl (C=O) groups is 1. The van der Waals surface area contributed by atoms with E-state index in [0.29, 0.717) is 6.42 Å². The number of unbranched alkanes of at least 4 members (excludes halogenated alkanes) is 3. The zero-order valence-corrected chi connectivity index (χ0v) is 10.3. The first-order valence-electron chi connectivity index (χ1n) is 5.98. The molecule has 0 aromatic rings. The summed E-state index contributed by atoms with van der Waals surface area (Å²) in [5.74, 6) is -2.24. The molecular formula is C12H22O4. The van der Waals surface area contributed by atoms with E-state index in [1.807, 2.05) is 0 Å². The molecule has 1 heterocycles. The van der Waals surface area contributed by atoms with Crippen LogP contribution in [-0.4, -0.2) is 28.1 Å². The Kier molecular flexibility index (Phi) is 3.97. The molecule has 1 fully saturated rings. The van der Waals surface area contributed by atoms with Gasteiger partial charge in [0.25, 0.3) is 0 Å². The van der Waals surface area contributed by atoms with Gasteiger partial charge < -0.3 is 14.9 Å². The van der Waals surface area contributed by atoms with Crippen LogP contribution in [0.4, 0.5) is 0 Å². The largest absolute Gasteiger partial charge is 0.430 e. The molecule has 1 aliphatic heterocycles. The van der Waals surface area contributed by atoms with E-state index in [0.717, 1.165) is 25.7 Å². The predicted molar refractivity (Wildman–Crippen MR) is 59.6 cm³/mol. The zero-order valence-electron chi connectivity index (χ0n) is 10.3. The molecule has 1 aliphatic rings. The minimum atomic E-state index is -1.74. The summed E-state index contributed by atoms with van der Waals surface area (Å²) < 4.78 is 4.80. The second kappa shape index (κ2) is 4.72. The van der Waals surface area contributed by atoms with E-state index in [-0.39, 0.29) is 0 Å². The summed E-state index contributed by atoms with van der Waals surface area (Å²) in [6.07, 6.45) is 3.57. The Hall–Kier alpha value is -0.610. The van der Waals surface area contributed by atoms with Crippen molar-refractivity contribution in [2.75, 3.05) is 0 Å². The van der Waals surface area contributed by atoms with Crippen molar-refractivity contribution < 1.29 is 19.7 Å². The average Bonchev–Trinajstić information content (AvgIpc) is 2.35. The van der Waals surface area contributed by atoms with E-state index < -0.39 is 23.3 Å². The van der Waals surface area contributed by atoms with Crippen molar-refractivity contribution in [2.24, 2.45) is 5.41 Å². The standard InChI is InChI=1S/C12H22O4/c1-4-5-6-7-8-11(2)9(13)12(3,15)16-10(11)14/h9,13,15H,4-8H2,1-3H3/t9-,11-,12?/m1/s1. The van der Waals surface area contributed by atoms with E-state index in [9.17, 15) is 15.0 Å². The molecule has 16 heavy (non-hydrogen) atoms. The maximum atomic E-state index is 11.6. The summed E-state index contributed by atoms with van der Waals surface area (Å²) in [5, 5.41) is 19.6. The van der Waals surface area contributed by atoms with Crippen LogP contribution in [0.3, 0.4) is 0 Å². The average molecular weight is 230 g/mol. The van der Waals surface area contributed by atoms with Crippen LogP contribution in [-0.2, 0) is 9.53 Å². The monoisotopic (exact) mass is 230 g/mol. The van der Waals surface area contributed by atoms with Crippen LogP contribution < -0.4 is 0 Å². The third-order valence-electron chi connectivity index (χ3n) is 3.43. The van der Waals surface area contributed by atoms with Crippen LogP contribution in [0.5, 0.6) is 0 Å². The molecule has 0 aromatic carbocycles. The van der Waals surface area contributed by atoms with Crippen molar-refractivity contribution in [3.05, 3.63) is 0 Å². The third-order valence-corrected chi connectivity index (χ3v) is 3.43. The summed E-state index contributed by atoms with van der Waals surface area (Å²) in [6, 6.07) is 0. The van der Waals surface area contributed by atoms with E-state index in [1.54, 1.807) is 6.92 Å². The number of cyclic esters (lactones) is 1. The SMILES string of the molecule is CCCCCC[C@@]1(C)C(=O)OC(C)(O)[C@@H]1O. The first kappa shape index (κ1) is 13.5. The lowest BCUT2D eigenvalue weighted by molar-refractivity contribution is -0.205. The normalized spacial score (nSPS) is 38.8. The fourth-order valence-corrected chi connectivity index (χ4v) is 2.22. The molecule has 0 amide bonds. The fraction of sp³-hybridized carbons (Fsp3) is 0.917. The Morgan fingerprint density at radius 2 is 1.94 bits per heavy atom. The van der Waals surface area contributed by atoms with E-state index in [2.05, 4.69) is 6.92 Å². The highest BCUT2D eigenvalue weighted by Gasteiger charge is 2.59. The number of hydrogen-bond donors (Lipinski definition) is 2. The Morgan fingerprint density at radius 1 is 1.31 bits per heavy atom. The van der Waals surface area contributed by atoms with Crippen LogP contribution in [0, 0.1) is 5.41 Å². The highest BCUT2D eigenvalue weighted by Crippen LogP contribution is 2.42. The number of rotatable bonds is 5. The van der Waals surface area contributed by atoms with Gasteiger partial charge in [0.15, 0.2) is 0 Å². The van der Waals surface area contributed by atoms with Gasteiger partial charge in [-0.3, -0.25) is 4.79 Å². The second-order valence-corrected chi connectivity index (χ2v) is 5.07. The van der Waals surface area contributed by atoms with Crippen molar-refractivity contribution in [3.63, 3.8) is 0 Å². The van der Waals surface area contributed by atoms with Gasteiger partial charge in [0.1, 0.15) is 6.10 Å². The predicted octanol–water partition coefficient (Wildman–Crippen LogP) is 1.59. The summed E-state index contributed by atoms with van der Waals surface area (Å²) in [4.78, 5) is 11.6. The molecule has 94 valence electrons. The minimum Gasteiger partial charge on any atom is -0.430 e. The lowest BCUT2D eigenvalue weighted by Crippen LogP contribution is -2.43. The van der Waals surface area contributed by atoms with Gasteiger partial charge in [0, 0.05) is 6.92 Å². The van der Waals surface area contributed by atoms with Gasteiger partial charge in [0.2, 0.25) is 5.79 Å². The number of carbonyl (C=O) groups excluding carboxylic acids is 1. The number of aliphatic hydroxyl groups excluding tert-OH is 1. The summed E-state index contributed by atoms with van der Waals surface area (Å²) >= 11 is 0. The molecule has 1 rings (SSSR count). The molecule has 0 radical (unpaired) electrons. The van der Waals surface area contributed by atoms with Crippen LogP contribution in [0.25, 0.3) is 0 Å². The fourth-order valence-electron chi connectivity index (χ4n) is 2.22. The first-order valence-corrected chi connectivity index (χ1v) is 5.98.